The van der Waals surface area contributed by atoms with Crippen LogP contribution in [0.3, 0.4) is 0 Å². The maximum Gasteiger partial charge on any atom is 0.243 e. The highest BCUT2D eigenvalue weighted by Crippen LogP contribution is 2.26. The Morgan fingerprint density at radius 3 is 2.74 bits per heavy atom. The van der Waals surface area contributed by atoms with Gasteiger partial charge in [0.05, 0.1) is 4.90 Å². The Morgan fingerprint density at radius 1 is 1.37 bits per heavy atom. The molecular formula is C14H22N2O2S. The molecule has 0 aliphatic carbocycles. The summed E-state index contributed by atoms with van der Waals surface area (Å²) < 4.78 is 26.8. The minimum Gasteiger partial charge on any atom is -0.384 e. The van der Waals surface area contributed by atoms with Crippen LogP contribution in [0.1, 0.15) is 26.3 Å². The number of rotatable bonds is 5. The summed E-state index contributed by atoms with van der Waals surface area (Å²) in [7, 11) is -3.36. The standard InChI is InChI=1S/C14H22N2O2S/c1-4-16(10-11(2)3)19(17,18)13-5-6-14-12(9-13)7-8-15-14/h5-6,9,11,15H,4,7-8,10H2,1-3H3. The van der Waals surface area contributed by atoms with Crippen molar-refractivity contribution in [2.75, 3.05) is 25.0 Å². The smallest absolute Gasteiger partial charge is 0.243 e. The van der Waals surface area contributed by atoms with Crippen LogP contribution in [0.15, 0.2) is 23.1 Å². The molecule has 1 aromatic rings. The van der Waals surface area contributed by atoms with Crippen LogP contribution in [0.5, 0.6) is 0 Å². The molecule has 4 nitrogen and oxygen atoms in total. The van der Waals surface area contributed by atoms with E-state index in [1.54, 1.807) is 10.4 Å². The maximum absolute atomic E-state index is 12.6. The summed E-state index contributed by atoms with van der Waals surface area (Å²) in [6, 6.07) is 5.39. The fourth-order valence-electron chi connectivity index (χ4n) is 2.40. The molecule has 106 valence electrons. The third-order valence-electron chi connectivity index (χ3n) is 3.35. The zero-order valence-electron chi connectivity index (χ0n) is 11.8. The molecule has 1 heterocycles. The molecule has 0 bridgehead atoms. The molecule has 0 unspecified atom stereocenters. The number of benzene rings is 1. The zero-order chi connectivity index (χ0) is 14.0. The first kappa shape index (κ1) is 14.3. The van der Waals surface area contributed by atoms with Gasteiger partial charge in [-0.25, -0.2) is 8.42 Å². The van der Waals surface area contributed by atoms with Gasteiger partial charge >= 0.3 is 0 Å². The normalized spacial score (nSPS) is 14.8. The lowest BCUT2D eigenvalue weighted by molar-refractivity contribution is 0.381. The Bertz CT molecular complexity index is 553. The second kappa shape index (κ2) is 5.51. The van der Waals surface area contributed by atoms with Crippen molar-refractivity contribution in [2.45, 2.75) is 32.1 Å². The van der Waals surface area contributed by atoms with Crippen molar-refractivity contribution >= 4 is 15.7 Å². The summed E-state index contributed by atoms with van der Waals surface area (Å²) in [5.41, 5.74) is 2.16. The molecule has 0 saturated heterocycles. The first-order valence-corrected chi connectivity index (χ1v) is 8.26. The highest BCUT2D eigenvalue weighted by atomic mass is 32.2. The quantitative estimate of drug-likeness (QED) is 0.901. The molecule has 0 aromatic heterocycles. The Morgan fingerprint density at radius 2 is 2.11 bits per heavy atom. The van der Waals surface area contributed by atoms with Gasteiger partial charge in [0.1, 0.15) is 0 Å². The minimum absolute atomic E-state index is 0.325. The zero-order valence-corrected chi connectivity index (χ0v) is 12.6. The van der Waals surface area contributed by atoms with Gasteiger partial charge in [-0.3, -0.25) is 0 Å². The molecular weight excluding hydrogens is 260 g/mol. The van der Waals surface area contributed by atoms with Crippen molar-refractivity contribution in [2.24, 2.45) is 5.92 Å². The van der Waals surface area contributed by atoms with Crippen LogP contribution in [0.4, 0.5) is 5.69 Å². The molecule has 0 saturated carbocycles. The molecule has 19 heavy (non-hydrogen) atoms. The van der Waals surface area contributed by atoms with Crippen LogP contribution >= 0.6 is 0 Å². The van der Waals surface area contributed by atoms with Crippen molar-refractivity contribution in [1.82, 2.24) is 4.31 Å². The largest absolute Gasteiger partial charge is 0.384 e. The second-order valence-electron chi connectivity index (χ2n) is 5.35. The highest BCUT2D eigenvalue weighted by Gasteiger charge is 2.25. The number of anilines is 1. The number of fused-ring (bicyclic) bond motifs is 1. The summed E-state index contributed by atoms with van der Waals surface area (Å²) in [4.78, 5) is 0.414. The molecule has 0 fully saturated rings. The van der Waals surface area contributed by atoms with E-state index >= 15 is 0 Å². The van der Waals surface area contributed by atoms with Gasteiger partial charge < -0.3 is 5.32 Å². The third-order valence-corrected chi connectivity index (χ3v) is 5.28. The molecule has 1 aromatic carbocycles. The van der Waals surface area contributed by atoms with E-state index in [4.69, 9.17) is 0 Å². The third kappa shape index (κ3) is 2.92. The summed E-state index contributed by atoms with van der Waals surface area (Å²) in [6.45, 7) is 7.91. The maximum atomic E-state index is 12.6. The van der Waals surface area contributed by atoms with Crippen LogP contribution < -0.4 is 5.32 Å². The topological polar surface area (TPSA) is 49.4 Å². The highest BCUT2D eigenvalue weighted by molar-refractivity contribution is 7.89. The Balaban J connectivity index is 2.33. The fraction of sp³-hybridized carbons (Fsp3) is 0.571. The average Bonchev–Trinajstić information content (AvgIpc) is 2.82. The first-order valence-electron chi connectivity index (χ1n) is 6.82. The van der Waals surface area contributed by atoms with Gasteiger partial charge in [-0.2, -0.15) is 4.31 Å². The molecule has 1 N–H and O–H groups in total. The van der Waals surface area contributed by atoms with Crippen LogP contribution in [-0.4, -0.2) is 32.4 Å². The average molecular weight is 282 g/mol. The van der Waals surface area contributed by atoms with Gasteiger partial charge in [0.15, 0.2) is 0 Å². The fourth-order valence-corrected chi connectivity index (χ4v) is 4.06. The first-order chi connectivity index (χ1) is 8.95. The van der Waals surface area contributed by atoms with E-state index in [1.165, 1.54) is 0 Å². The van der Waals surface area contributed by atoms with Crippen molar-refractivity contribution in [3.05, 3.63) is 23.8 Å². The molecule has 5 heteroatoms. The van der Waals surface area contributed by atoms with E-state index < -0.39 is 10.0 Å². The molecule has 0 atom stereocenters. The van der Waals surface area contributed by atoms with E-state index in [2.05, 4.69) is 5.32 Å². The van der Waals surface area contributed by atoms with Gasteiger partial charge in [-0.15, -0.1) is 0 Å². The molecule has 0 spiro atoms. The lowest BCUT2D eigenvalue weighted by Gasteiger charge is -2.22. The number of sulfonamides is 1. The van der Waals surface area contributed by atoms with Crippen molar-refractivity contribution in [3.63, 3.8) is 0 Å². The molecule has 2 rings (SSSR count). The van der Waals surface area contributed by atoms with E-state index in [1.807, 2.05) is 32.9 Å². The molecule has 1 aliphatic rings. The number of hydrogen-bond donors (Lipinski definition) is 1. The van der Waals surface area contributed by atoms with Gasteiger partial charge in [-0.1, -0.05) is 20.8 Å². The van der Waals surface area contributed by atoms with Crippen LogP contribution in [-0.2, 0) is 16.4 Å². The Hall–Kier alpha value is -1.07. The minimum atomic E-state index is -3.36. The Kier molecular flexibility index (Phi) is 4.16. The van der Waals surface area contributed by atoms with Gasteiger partial charge in [-0.05, 0) is 36.1 Å². The Labute approximate surface area is 115 Å². The van der Waals surface area contributed by atoms with Crippen molar-refractivity contribution < 1.29 is 8.42 Å². The summed E-state index contributed by atoms with van der Waals surface area (Å²) >= 11 is 0. The van der Waals surface area contributed by atoms with Crippen molar-refractivity contribution in [1.29, 1.82) is 0 Å². The van der Waals surface area contributed by atoms with Crippen molar-refractivity contribution in [3.8, 4) is 0 Å². The summed E-state index contributed by atoms with van der Waals surface area (Å²) in [5, 5.41) is 3.25. The van der Waals surface area contributed by atoms with E-state index in [-0.39, 0.29) is 0 Å². The van der Waals surface area contributed by atoms with Gasteiger partial charge in [0.2, 0.25) is 10.0 Å². The number of nitrogens with zero attached hydrogens (tertiary/aromatic N) is 1. The lowest BCUT2D eigenvalue weighted by Crippen LogP contribution is -2.34. The van der Waals surface area contributed by atoms with Gasteiger partial charge in [0, 0.05) is 25.3 Å². The summed E-state index contributed by atoms with van der Waals surface area (Å²) in [6.07, 6.45) is 0.898. The second-order valence-corrected chi connectivity index (χ2v) is 7.28. The van der Waals surface area contributed by atoms with Crippen LogP contribution in [0, 0.1) is 5.92 Å². The molecule has 1 aliphatic heterocycles. The van der Waals surface area contributed by atoms with Crippen LogP contribution in [0.25, 0.3) is 0 Å². The molecule has 0 amide bonds. The monoisotopic (exact) mass is 282 g/mol. The predicted octanol–water partition coefficient (Wildman–Crippen LogP) is 2.32. The van der Waals surface area contributed by atoms with E-state index in [9.17, 15) is 8.42 Å². The van der Waals surface area contributed by atoms with Crippen LogP contribution in [0.2, 0.25) is 0 Å². The number of hydrogen-bond acceptors (Lipinski definition) is 3. The predicted molar refractivity (Wildman–Crippen MR) is 77.9 cm³/mol. The van der Waals surface area contributed by atoms with Gasteiger partial charge in [0.25, 0.3) is 0 Å². The summed E-state index contributed by atoms with van der Waals surface area (Å²) in [5.74, 6) is 0.325. The number of nitrogens with one attached hydrogen (secondary N) is 1. The van der Waals surface area contributed by atoms with E-state index in [0.29, 0.717) is 23.9 Å². The lowest BCUT2D eigenvalue weighted by atomic mass is 10.2. The molecule has 0 radical (unpaired) electrons. The van der Waals surface area contributed by atoms with E-state index in [0.717, 1.165) is 24.2 Å². The SMILES string of the molecule is CCN(CC(C)C)S(=O)(=O)c1ccc2c(c1)CCN2.